The zero-order valence-corrected chi connectivity index (χ0v) is 13.5. The van der Waals surface area contributed by atoms with E-state index >= 15 is 0 Å². The highest BCUT2D eigenvalue weighted by Gasteiger charge is 2.16. The third-order valence-corrected chi connectivity index (χ3v) is 3.93. The number of fused-ring (bicyclic) bond motifs is 1. The molecular weight excluding hydrogens is 324 g/mol. The Hall–Kier alpha value is -3.10. The van der Waals surface area contributed by atoms with Crippen LogP contribution in [0.2, 0.25) is 5.02 Å². The third-order valence-electron chi connectivity index (χ3n) is 3.62. The monoisotopic (exact) mass is 337 g/mol. The van der Waals surface area contributed by atoms with Crippen LogP contribution < -0.4 is 9.88 Å². The van der Waals surface area contributed by atoms with Gasteiger partial charge < -0.3 is 5.32 Å². The Balaban J connectivity index is 1.82. The number of carbonyl (C=O) groups is 1. The topological polar surface area (TPSA) is 61.7 Å². The molecule has 0 unspecified atom stereocenters. The van der Waals surface area contributed by atoms with Gasteiger partial charge in [0.2, 0.25) is 6.33 Å². The van der Waals surface area contributed by atoms with Gasteiger partial charge in [0.05, 0.1) is 16.8 Å². The highest BCUT2D eigenvalue weighted by atomic mass is 35.5. The second-order valence-corrected chi connectivity index (χ2v) is 5.58. The summed E-state index contributed by atoms with van der Waals surface area (Å²) in [5.41, 5.74) is 2.84. The Morgan fingerprint density at radius 1 is 1.38 bits per heavy atom. The van der Waals surface area contributed by atoms with E-state index in [0.29, 0.717) is 16.3 Å². The van der Waals surface area contributed by atoms with Gasteiger partial charge in [0.25, 0.3) is 5.91 Å². The van der Waals surface area contributed by atoms with Crippen molar-refractivity contribution in [3.8, 4) is 6.07 Å². The molecule has 3 aromatic rings. The fraction of sp³-hybridized carbons (Fsp3) is 0.0556. The summed E-state index contributed by atoms with van der Waals surface area (Å²) in [7, 11) is 0. The molecule has 0 radical (unpaired) electrons. The SMILES string of the molecule is C=Cn1c[n+](CC(=O)Nc2ccc(C#N)c(Cl)c2)c2ccccc21. The predicted molar refractivity (Wildman–Crippen MR) is 93.3 cm³/mol. The van der Waals surface area contributed by atoms with E-state index in [0.717, 1.165) is 11.0 Å². The van der Waals surface area contributed by atoms with Crippen LogP contribution >= 0.6 is 11.6 Å². The molecule has 0 atom stereocenters. The van der Waals surface area contributed by atoms with Crippen LogP contribution in [0, 0.1) is 11.3 Å². The minimum absolute atomic E-state index is 0.152. The van der Waals surface area contributed by atoms with Crippen molar-refractivity contribution in [1.29, 1.82) is 5.26 Å². The molecule has 0 bridgehead atoms. The second-order valence-electron chi connectivity index (χ2n) is 5.18. The molecule has 0 saturated heterocycles. The van der Waals surface area contributed by atoms with Crippen molar-refractivity contribution in [1.82, 2.24) is 4.57 Å². The van der Waals surface area contributed by atoms with Crippen molar-refractivity contribution < 1.29 is 9.36 Å². The first-order valence-corrected chi connectivity index (χ1v) is 7.61. The van der Waals surface area contributed by atoms with Crippen LogP contribution in [0.5, 0.6) is 0 Å². The van der Waals surface area contributed by atoms with Gasteiger partial charge in [-0.25, -0.2) is 9.13 Å². The van der Waals surface area contributed by atoms with E-state index in [1.54, 1.807) is 24.4 Å². The summed E-state index contributed by atoms with van der Waals surface area (Å²) in [6.07, 6.45) is 3.51. The lowest BCUT2D eigenvalue weighted by Crippen LogP contribution is -2.39. The Morgan fingerprint density at radius 3 is 2.88 bits per heavy atom. The van der Waals surface area contributed by atoms with Crippen molar-refractivity contribution in [2.45, 2.75) is 6.54 Å². The number of halogens is 1. The summed E-state index contributed by atoms with van der Waals surface area (Å²) in [6.45, 7) is 3.93. The fourth-order valence-corrected chi connectivity index (χ4v) is 2.73. The summed E-state index contributed by atoms with van der Waals surface area (Å²) in [5, 5.41) is 12.0. The smallest absolute Gasteiger partial charge is 0.266 e. The lowest BCUT2D eigenvalue weighted by Gasteiger charge is -2.05. The maximum Gasteiger partial charge on any atom is 0.266 e. The zero-order valence-electron chi connectivity index (χ0n) is 12.7. The first kappa shape index (κ1) is 15.8. The number of para-hydroxylation sites is 2. The van der Waals surface area contributed by atoms with Gasteiger partial charge in [0.15, 0.2) is 17.6 Å². The molecule has 5 nitrogen and oxygen atoms in total. The lowest BCUT2D eigenvalue weighted by atomic mass is 10.2. The standard InChI is InChI=1S/C18H13ClN4O/c1-2-22-12-23(17-6-4-3-5-16(17)22)11-18(24)21-14-8-7-13(10-20)15(19)9-14/h2-9,12H,1,11H2/p+1. The molecule has 0 aliphatic rings. The quantitative estimate of drug-likeness (QED) is 0.743. The zero-order chi connectivity index (χ0) is 17.1. The summed E-state index contributed by atoms with van der Waals surface area (Å²) < 4.78 is 3.71. The van der Waals surface area contributed by atoms with Gasteiger partial charge in [-0.05, 0) is 30.3 Å². The van der Waals surface area contributed by atoms with Crippen LogP contribution in [0.25, 0.3) is 17.2 Å². The average Bonchev–Trinajstić information content (AvgIpc) is 2.93. The molecule has 1 amide bonds. The minimum Gasteiger partial charge on any atom is -0.323 e. The molecule has 3 rings (SSSR count). The van der Waals surface area contributed by atoms with E-state index < -0.39 is 0 Å². The first-order chi connectivity index (χ1) is 11.6. The third kappa shape index (κ3) is 3.00. The molecule has 0 aliphatic heterocycles. The molecule has 0 fully saturated rings. The number of anilines is 1. The molecule has 0 aliphatic carbocycles. The first-order valence-electron chi connectivity index (χ1n) is 7.23. The van der Waals surface area contributed by atoms with E-state index in [1.807, 2.05) is 45.8 Å². The van der Waals surface area contributed by atoms with E-state index in [4.69, 9.17) is 16.9 Å². The van der Waals surface area contributed by atoms with Gasteiger partial charge in [-0.3, -0.25) is 4.79 Å². The number of benzene rings is 2. The number of carbonyl (C=O) groups excluding carboxylic acids is 1. The van der Waals surface area contributed by atoms with Crippen molar-refractivity contribution >= 4 is 40.4 Å². The highest BCUT2D eigenvalue weighted by Crippen LogP contribution is 2.20. The van der Waals surface area contributed by atoms with Crippen LogP contribution in [0.15, 0.2) is 55.4 Å². The fourth-order valence-electron chi connectivity index (χ4n) is 2.51. The van der Waals surface area contributed by atoms with Crippen LogP contribution in [0.1, 0.15) is 5.56 Å². The molecular formula is C18H14ClN4O+. The number of hydrogen-bond donors (Lipinski definition) is 1. The highest BCUT2D eigenvalue weighted by molar-refractivity contribution is 6.32. The van der Waals surface area contributed by atoms with Gasteiger partial charge in [-0.1, -0.05) is 30.3 Å². The normalized spacial score (nSPS) is 10.3. The maximum atomic E-state index is 12.3. The number of amides is 1. The van der Waals surface area contributed by atoms with Crippen LogP contribution in [0.4, 0.5) is 5.69 Å². The number of nitrogens with one attached hydrogen (secondary N) is 1. The maximum absolute atomic E-state index is 12.3. The summed E-state index contributed by atoms with van der Waals surface area (Å²) in [5.74, 6) is -0.187. The average molecular weight is 338 g/mol. The number of aromatic nitrogens is 2. The minimum atomic E-state index is -0.187. The van der Waals surface area contributed by atoms with Crippen molar-refractivity contribution in [2.24, 2.45) is 0 Å². The molecule has 1 heterocycles. The molecule has 2 aromatic carbocycles. The summed E-state index contributed by atoms with van der Waals surface area (Å²) in [4.78, 5) is 12.3. The van der Waals surface area contributed by atoms with Crippen molar-refractivity contribution in [2.75, 3.05) is 5.32 Å². The number of nitriles is 1. The molecule has 1 aromatic heterocycles. The Bertz CT molecular complexity index is 984. The van der Waals surface area contributed by atoms with Crippen LogP contribution in [-0.2, 0) is 11.3 Å². The van der Waals surface area contributed by atoms with E-state index in [-0.39, 0.29) is 12.5 Å². The van der Waals surface area contributed by atoms with Crippen LogP contribution in [-0.4, -0.2) is 10.5 Å². The summed E-state index contributed by atoms with van der Waals surface area (Å²) >= 11 is 5.98. The molecule has 118 valence electrons. The number of rotatable bonds is 4. The number of hydrogen-bond acceptors (Lipinski definition) is 2. The van der Waals surface area contributed by atoms with Crippen molar-refractivity contribution in [3.05, 3.63) is 66.0 Å². The Morgan fingerprint density at radius 2 is 2.17 bits per heavy atom. The molecule has 0 spiro atoms. The van der Waals surface area contributed by atoms with E-state index in [9.17, 15) is 4.79 Å². The number of nitrogens with zero attached hydrogens (tertiary/aromatic N) is 3. The number of imidazole rings is 1. The van der Waals surface area contributed by atoms with Gasteiger partial charge >= 0.3 is 0 Å². The van der Waals surface area contributed by atoms with Gasteiger partial charge in [-0.15, -0.1) is 0 Å². The van der Waals surface area contributed by atoms with Crippen LogP contribution in [0.3, 0.4) is 0 Å². The lowest BCUT2D eigenvalue weighted by molar-refractivity contribution is -0.658. The molecule has 6 heteroatoms. The Labute approximate surface area is 144 Å². The molecule has 1 N–H and O–H groups in total. The van der Waals surface area contributed by atoms with Gasteiger partial charge in [0, 0.05) is 5.69 Å². The summed E-state index contributed by atoms with van der Waals surface area (Å²) in [6, 6.07) is 14.5. The Kier molecular flexibility index (Phi) is 4.32. The molecule has 0 saturated carbocycles. The predicted octanol–water partition coefficient (Wildman–Crippen LogP) is 3.19. The largest absolute Gasteiger partial charge is 0.323 e. The molecule has 24 heavy (non-hydrogen) atoms. The van der Waals surface area contributed by atoms with E-state index in [1.165, 1.54) is 0 Å². The van der Waals surface area contributed by atoms with Crippen molar-refractivity contribution in [3.63, 3.8) is 0 Å². The van der Waals surface area contributed by atoms with E-state index in [2.05, 4.69) is 11.9 Å². The second kappa shape index (κ2) is 6.57. The van der Waals surface area contributed by atoms with Gasteiger partial charge in [-0.2, -0.15) is 5.26 Å². The van der Waals surface area contributed by atoms with Gasteiger partial charge in [0.1, 0.15) is 6.07 Å².